The zero-order valence-corrected chi connectivity index (χ0v) is 33.1. The van der Waals surface area contributed by atoms with Crippen LogP contribution >= 0.6 is 0 Å². The zero-order chi connectivity index (χ0) is 40.0. The monoisotopic (exact) mass is 767 g/mol. The summed E-state index contributed by atoms with van der Waals surface area (Å²) in [6.45, 7) is 4.70. The first-order chi connectivity index (χ1) is 29.5. The third-order valence-electron chi connectivity index (χ3n) is 12.5. The highest BCUT2D eigenvalue weighted by Crippen LogP contribution is 2.53. The second-order valence-corrected chi connectivity index (χ2v) is 16.3. The van der Waals surface area contributed by atoms with E-state index in [9.17, 15) is 0 Å². The van der Waals surface area contributed by atoms with E-state index in [1.54, 1.807) is 0 Å². The Morgan fingerprint density at radius 2 is 0.950 bits per heavy atom. The van der Waals surface area contributed by atoms with Gasteiger partial charge in [-0.25, -0.2) is 15.0 Å². The van der Waals surface area contributed by atoms with Gasteiger partial charge in [0.05, 0.1) is 0 Å². The fourth-order valence-electron chi connectivity index (χ4n) is 9.60. The van der Waals surface area contributed by atoms with E-state index in [2.05, 4.69) is 129 Å². The average Bonchev–Trinajstić information content (AvgIpc) is 3.80. The van der Waals surface area contributed by atoms with Gasteiger partial charge < -0.3 is 4.42 Å². The Balaban J connectivity index is 1.02. The quantitative estimate of drug-likeness (QED) is 0.164. The molecular formula is C56H37N3O. The molecule has 9 aromatic carbocycles. The Labute approximate surface area is 347 Å². The minimum atomic E-state index is -0.0623. The van der Waals surface area contributed by atoms with Crippen LogP contribution in [0, 0.1) is 0 Å². The minimum absolute atomic E-state index is 0.0623. The molecule has 60 heavy (non-hydrogen) atoms. The molecule has 2 aromatic heterocycles. The molecule has 0 N–H and O–H groups in total. The Kier molecular flexibility index (Phi) is 7.54. The van der Waals surface area contributed by atoms with Gasteiger partial charge in [0.1, 0.15) is 11.2 Å². The van der Waals surface area contributed by atoms with Crippen molar-refractivity contribution in [3.63, 3.8) is 0 Å². The van der Waals surface area contributed by atoms with Crippen molar-refractivity contribution >= 4 is 43.5 Å². The predicted molar refractivity (Wildman–Crippen MR) is 247 cm³/mol. The summed E-state index contributed by atoms with van der Waals surface area (Å²) in [6.07, 6.45) is 0. The Bertz CT molecular complexity index is 3450. The van der Waals surface area contributed by atoms with Gasteiger partial charge in [-0.2, -0.15) is 0 Å². The summed E-state index contributed by atoms with van der Waals surface area (Å²) in [7, 11) is 0. The molecule has 0 unspecified atom stereocenters. The van der Waals surface area contributed by atoms with Crippen LogP contribution in [-0.4, -0.2) is 15.0 Å². The molecule has 0 spiro atoms. The second-order valence-electron chi connectivity index (χ2n) is 16.3. The lowest BCUT2D eigenvalue weighted by Crippen LogP contribution is -2.14. The standard InChI is InChI=1S/C56H37N3O/c1-56(2)47-24-12-11-21-42(47)51-41(22-13-25-48(51)56)45-33-38-28-27-36(31-44(38)39-19-9-10-20-40(39)45)37-29-30-49-46(32-37)52-43(23-14-26-50(52)60-49)55-58-53(34-15-5-3-6-16-34)57-54(59-55)35-17-7-4-8-18-35/h3-33H,1-2H3. The fourth-order valence-corrected chi connectivity index (χ4v) is 9.60. The van der Waals surface area contributed by atoms with E-state index in [-0.39, 0.29) is 5.41 Å². The van der Waals surface area contributed by atoms with Crippen LogP contribution in [0.15, 0.2) is 192 Å². The van der Waals surface area contributed by atoms with Crippen LogP contribution in [0.3, 0.4) is 0 Å². The zero-order valence-electron chi connectivity index (χ0n) is 33.1. The SMILES string of the molecule is CC1(C)c2ccccc2-c2c(-c3cc4ccc(-c5ccc6oc7cccc(-c8nc(-c9ccccc9)nc(-c9ccccc9)n8)c7c6c5)cc4c4ccccc34)cccc21. The van der Waals surface area contributed by atoms with E-state index in [1.165, 1.54) is 54.9 Å². The van der Waals surface area contributed by atoms with Crippen LogP contribution in [0.4, 0.5) is 0 Å². The van der Waals surface area contributed by atoms with Gasteiger partial charge in [-0.1, -0.05) is 172 Å². The Morgan fingerprint density at radius 3 is 1.72 bits per heavy atom. The molecule has 0 saturated carbocycles. The molecule has 0 amide bonds. The maximum absolute atomic E-state index is 6.51. The van der Waals surface area contributed by atoms with Gasteiger partial charge >= 0.3 is 0 Å². The summed E-state index contributed by atoms with van der Waals surface area (Å²) in [4.78, 5) is 15.1. The molecule has 0 saturated heterocycles. The second kappa shape index (κ2) is 13.2. The molecule has 282 valence electrons. The van der Waals surface area contributed by atoms with E-state index in [4.69, 9.17) is 19.4 Å². The lowest BCUT2D eigenvalue weighted by Gasteiger charge is -2.22. The summed E-state index contributed by atoms with van der Waals surface area (Å²) in [6, 6.07) is 66.8. The molecule has 1 aliphatic carbocycles. The van der Waals surface area contributed by atoms with Crippen molar-refractivity contribution in [1.29, 1.82) is 0 Å². The molecule has 12 rings (SSSR count). The van der Waals surface area contributed by atoms with Crippen LogP contribution in [0.1, 0.15) is 25.0 Å². The molecule has 0 aliphatic heterocycles. The largest absolute Gasteiger partial charge is 0.456 e. The van der Waals surface area contributed by atoms with Crippen molar-refractivity contribution in [2.45, 2.75) is 19.3 Å². The van der Waals surface area contributed by atoms with Crippen LogP contribution < -0.4 is 0 Å². The Morgan fingerprint density at radius 1 is 0.367 bits per heavy atom. The van der Waals surface area contributed by atoms with Gasteiger partial charge in [0.15, 0.2) is 17.5 Å². The maximum Gasteiger partial charge on any atom is 0.164 e. The molecule has 0 atom stereocenters. The Hall–Kier alpha value is -7.69. The molecule has 0 fully saturated rings. The molecule has 0 radical (unpaired) electrons. The molecule has 0 bridgehead atoms. The molecule has 11 aromatic rings. The number of hydrogen-bond donors (Lipinski definition) is 0. The van der Waals surface area contributed by atoms with Gasteiger partial charge in [-0.3, -0.25) is 0 Å². The van der Waals surface area contributed by atoms with Crippen LogP contribution in [0.5, 0.6) is 0 Å². The van der Waals surface area contributed by atoms with E-state index in [0.717, 1.165) is 49.8 Å². The van der Waals surface area contributed by atoms with Gasteiger partial charge in [-0.05, 0) is 96.4 Å². The van der Waals surface area contributed by atoms with Gasteiger partial charge in [0.2, 0.25) is 0 Å². The first kappa shape index (κ1) is 34.4. The number of aromatic nitrogens is 3. The summed E-state index contributed by atoms with van der Waals surface area (Å²) in [5.41, 5.74) is 14.6. The van der Waals surface area contributed by atoms with E-state index >= 15 is 0 Å². The highest BCUT2D eigenvalue weighted by molar-refractivity contribution is 6.17. The van der Waals surface area contributed by atoms with E-state index in [1.807, 2.05) is 72.8 Å². The van der Waals surface area contributed by atoms with E-state index in [0.29, 0.717) is 17.5 Å². The maximum atomic E-state index is 6.51. The van der Waals surface area contributed by atoms with Crippen LogP contribution in [0.25, 0.3) is 111 Å². The average molecular weight is 768 g/mol. The number of hydrogen-bond acceptors (Lipinski definition) is 4. The normalized spacial score (nSPS) is 13.0. The number of nitrogens with zero attached hydrogens (tertiary/aromatic N) is 3. The molecular weight excluding hydrogens is 731 g/mol. The van der Waals surface area contributed by atoms with Gasteiger partial charge in [0.25, 0.3) is 0 Å². The highest BCUT2D eigenvalue weighted by Gasteiger charge is 2.36. The number of benzene rings is 9. The molecule has 4 nitrogen and oxygen atoms in total. The first-order valence-corrected chi connectivity index (χ1v) is 20.5. The summed E-state index contributed by atoms with van der Waals surface area (Å²) in [5, 5.41) is 6.93. The lowest BCUT2D eigenvalue weighted by molar-refractivity contribution is 0.660. The lowest BCUT2D eigenvalue weighted by atomic mass is 9.81. The summed E-state index contributed by atoms with van der Waals surface area (Å²) in [5.74, 6) is 1.86. The van der Waals surface area contributed by atoms with Crippen molar-refractivity contribution in [3.05, 3.63) is 199 Å². The van der Waals surface area contributed by atoms with Crippen LogP contribution in [0.2, 0.25) is 0 Å². The predicted octanol–water partition coefficient (Wildman–Crippen LogP) is 14.7. The first-order valence-electron chi connectivity index (χ1n) is 20.5. The smallest absolute Gasteiger partial charge is 0.164 e. The summed E-state index contributed by atoms with van der Waals surface area (Å²) >= 11 is 0. The van der Waals surface area contributed by atoms with Crippen molar-refractivity contribution in [3.8, 4) is 67.5 Å². The summed E-state index contributed by atoms with van der Waals surface area (Å²) < 4.78 is 6.51. The molecule has 1 aliphatic rings. The number of furan rings is 1. The molecule has 2 heterocycles. The van der Waals surface area contributed by atoms with Crippen LogP contribution in [-0.2, 0) is 5.41 Å². The third-order valence-corrected chi connectivity index (χ3v) is 12.5. The third kappa shape index (κ3) is 5.27. The van der Waals surface area contributed by atoms with Crippen molar-refractivity contribution in [2.75, 3.05) is 0 Å². The van der Waals surface area contributed by atoms with Crippen molar-refractivity contribution in [1.82, 2.24) is 15.0 Å². The topological polar surface area (TPSA) is 51.8 Å². The van der Waals surface area contributed by atoms with Gasteiger partial charge in [0, 0.05) is 32.9 Å². The highest BCUT2D eigenvalue weighted by atomic mass is 16.3. The number of fused-ring (bicyclic) bond motifs is 9. The van der Waals surface area contributed by atoms with Gasteiger partial charge in [-0.15, -0.1) is 0 Å². The van der Waals surface area contributed by atoms with Crippen molar-refractivity contribution in [2.24, 2.45) is 0 Å². The fraction of sp³-hybridized carbons (Fsp3) is 0.0536. The van der Waals surface area contributed by atoms with E-state index < -0.39 is 0 Å². The molecule has 4 heteroatoms. The minimum Gasteiger partial charge on any atom is -0.456 e. The number of rotatable bonds is 5. The van der Waals surface area contributed by atoms with Crippen molar-refractivity contribution < 1.29 is 4.42 Å².